The molecular weight excluding hydrogens is 292 g/mol. The first-order valence-corrected chi connectivity index (χ1v) is 8.08. The van der Waals surface area contributed by atoms with Crippen molar-refractivity contribution in [3.63, 3.8) is 0 Å². The van der Waals surface area contributed by atoms with Crippen molar-refractivity contribution >= 4 is 16.9 Å². The minimum Gasteiger partial charge on any atom is -0.396 e. The lowest BCUT2D eigenvalue weighted by Gasteiger charge is -2.43. The van der Waals surface area contributed by atoms with E-state index in [1.54, 1.807) is 6.07 Å². The highest BCUT2D eigenvalue weighted by molar-refractivity contribution is 5.75. The molecule has 3 heterocycles. The Balaban J connectivity index is 1.94. The molecule has 0 spiro atoms. The second-order valence-electron chi connectivity index (χ2n) is 7.52. The Morgan fingerprint density at radius 1 is 1.35 bits per heavy atom. The summed E-state index contributed by atoms with van der Waals surface area (Å²) in [5.74, 6) is 1.55. The van der Waals surface area contributed by atoms with Crippen molar-refractivity contribution in [1.82, 2.24) is 15.0 Å². The Labute approximate surface area is 135 Å². The van der Waals surface area contributed by atoms with Crippen molar-refractivity contribution < 1.29 is 5.11 Å². The molecule has 1 fully saturated rings. The van der Waals surface area contributed by atoms with Crippen molar-refractivity contribution in [2.45, 2.75) is 27.2 Å². The first kappa shape index (κ1) is 15.9. The largest absolute Gasteiger partial charge is 0.396 e. The number of H-pyrrole nitrogens is 1. The molecular formula is C17H24N4O2. The summed E-state index contributed by atoms with van der Waals surface area (Å²) in [4.78, 5) is 25.3. The van der Waals surface area contributed by atoms with Gasteiger partial charge in [-0.1, -0.05) is 20.8 Å². The van der Waals surface area contributed by atoms with Crippen LogP contribution in [0.1, 0.15) is 27.2 Å². The molecule has 1 aliphatic rings. The second kappa shape index (κ2) is 5.92. The number of nitrogens with zero attached hydrogens (tertiary/aromatic N) is 3. The number of nitrogens with one attached hydrogen (secondary N) is 1. The maximum atomic E-state index is 11.8. The summed E-state index contributed by atoms with van der Waals surface area (Å²) in [5, 5.41) is 10.1. The second-order valence-corrected chi connectivity index (χ2v) is 7.52. The van der Waals surface area contributed by atoms with Gasteiger partial charge in [0.15, 0.2) is 5.65 Å². The standard InChI is InChI=1S/C17H24N4O2/c1-17(2,3)12-6-11(9-22)7-21(8-12)14-5-4-13-15(20-14)18-10-19-16(13)23/h4-5,10-12,22H,6-9H2,1-3H3,(H,18,19,20,23)/t11-,12+/m0/s1. The first-order chi connectivity index (χ1) is 10.9. The van der Waals surface area contributed by atoms with E-state index in [0.717, 1.165) is 25.3 Å². The van der Waals surface area contributed by atoms with E-state index in [1.165, 1.54) is 6.33 Å². The molecule has 23 heavy (non-hydrogen) atoms. The van der Waals surface area contributed by atoms with E-state index in [2.05, 4.69) is 40.6 Å². The van der Waals surface area contributed by atoms with Gasteiger partial charge in [0.25, 0.3) is 5.56 Å². The molecule has 2 aromatic heterocycles. The van der Waals surface area contributed by atoms with Gasteiger partial charge in [0.2, 0.25) is 0 Å². The van der Waals surface area contributed by atoms with E-state index in [0.29, 0.717) is 17.0 Å². The van der Waals surface area contributed by atoms with Gasteiger partial charge in [0.05, 0.1) is 11.7 Å². The van der Waals surface area contributed by atoms with Crippen LogP contribution in [0.15, 0.2) is 23.3 Å². The summed E-state index contributed by atoms with van der Waals surface area (Å²) in [6, 6.07) is 3.65. The molecule has 1 aliphatic heterocycles. The third kappa shape index (κ3) is 3.22. The van der Waals surface area contributed by atoms with Gasteiger partial charge in [-0.25, -0.2) is 9.97 Å². The van der Waals surface area contributed by atoms with Crippen LogP contribution in [-0.2, 0) is 0 Å². The van der Waals surface area contributed by atoms with Crippen LogP contribution >= 0.6 is 0 Å². The van der Waals surface area contributed by atoms with Crippen molar-refractivity contribution in [3.8, 4) is 0 Å². The minimum atomic E-state index is -0.173. The SMILES string of the molecule is CC(C)(C)[C@@H]1C[C@H](CO)CN(c2ccc3c(=O)[nH]cnc3n2)C1. The van der Waals surface area contributed by atoms with Crippen LogP contribution in [0.5, 0.6) is 0 Å². The predicted molar refractivity (Wildman–Crippen MR) is 90.5 cm³/mol. The quantitative estimate of drug-likeness (QED) is 0.883. The van der Waals surface area contributed by atoms with Crippen molar-refractivity contribution in [2.24, 2.45) is 17.3 Å². The fourth-order valence-electron chi connectivity index (χ4n) is 3.27. The smallest absolute Gasteiger partial charge is 0.260 e. The molecule has 3 rings (SSSR count). The Bertz CT molecular complexity index is 750. The molecule has 2 N–H and O–H groups in total. The lowest BCUT2D eigenvalue weighted by Crippen LogP contribution is -2.46. The molecule has 6 heteroatoms. The van der Waals surface area contributed by atoms with Crippen LogP contribution in [-0.4, -0.2) is 39.8 Å². The van der Waals surface area contributed by atoms with Crippen LogP contribution in [0.3, 0.4) is 0 Å². The molecule has 0 unspecified atom stereocenters. The van der Waals surface area contributed by atoms with Gasteiger partial charge in [-0.3, -0.25) is 4.79 Å². The number of rotatable bonds is 2. The summed E-state index contributed by atoms with van der Waals surface area (Å²) < 4.78 is 0. The maximum absolute atomic E-state index is 11.8. The number of pyridine rings is 1. The monoisotopic (exact) mass is 316 g/mol. The van der Waals surface area contributed by atoms with Gasteiger partial charge in [0, 0.05) is 19.7 Å². The molecule has 124 valence electrons. The van der Waals surface area contributed by atoms with E-state index in [9.17, 15) is 9.90 Å². The number of aromatic amines is 1. The Morgan fingerprint density at radius 2 is 2.13 bits per heavy atom. The fourth-order valence-corrected chi connectivity index (χ4v) is 3.27. The maximum Gasteiger partial charge on any atom is 0.260 e. The number of aromatic nitrogens is 3. The van der Waals surface area contributed by atoms with Crippen LogP contribution in [0.25, 0.3) is 11.0 Å². The summed E-state index contributed by atoms with van der Waals surface area (Å²) >= 11 is 0. The molecule has 0 aromatic carbocycles. The average Bonchev–Trinajstić information content (AvgIpc) is 2.53. The summed E-state index contributed by atoms with van der Waals surface area (Å²) in [7, 11) is 0. The molecule has 0 saturated carbocycles. The zero-order chi connectivity index (χ0) is 16.6. The van der Waals surface area contributed by atoms with E-state index in [1.807, 2.05) is 6.07 Å². The van der Waals surface area contributed by atoms with Crippen molar-refractivity contribution in [2.75, 3.05) is 24.6 Å². The summed E-state index contributed by atoms with van der Waals surface area (Å²) in [5.41, 5.74) is 0.469. The number of hydrogen-bond acceptors (Lipinski definition) is 5. The number of anilines is 1. The van der Waals surface area contributed by atoms with Crippen molar-refractivity contribution in [1.29, 1.82) is 0 Å². The third-order valence-electron chi connectivity index (χ3n) is 4.83. The Hall–Kier alpha value is -1.95. The highest BCUT2D eigenvalue weighted by atomic mass is 16.3. The van der Waals surface area contributed by atoms with Gasteiger partial charge < -0.3 is 15.0 Å². The highest BCUT2D eigenvalue weighted by Gasteiger charge is 2.34. The number of fused-ring (bicyclic) bond motifs is 1. The first-order valence-electron chi connectivity index (χ1n) is 8.08. The molecule has 0 aliphatic carbocycles. The van der Waals surface area contributed by atoms with Crippen LogP contribution in [0.2, 0.25) is 0 Å². The number of aliphatic hydroxyl groups is 1. The molecule has 2 aromatic rings. The van der Waals surface area contributed by atoms with Gasteiger partial charge in [-0.05, 0) is 35.8 Å². The normalized spacial score (nSPS) is 22.5. The van der Waals surface area contributed by atoms with Gasteiger partial charge in [0.1, 0.15) is 5.82 Å². The summed E-state index contributed by atoms with van der Waals surface area (Å²) in [6.07, 6.45) is 2.41. The molecule has 0 bridgehead atoms. The molecule has 6 nitrogen and oxygen atoms in total. The third-order valence-corrected chi connectivity index (χ3v) is 4.83. The van der Waals surface area contributed by atoms with E-state index in [4.69, 9.17) is 0 Å². The minimum absolute atomic E-state index is 0.173. The Morgan fingerprint density at radius 3 is 2.83 bits per heavy atom. The highest BCUT2D eigenvalue weighted by Crippen LogP contribution is 2.36. The van der Waals surface area contributed by atoms with Crippen LogP contribution < -0.4 is 10.5 Å². The zero-order valence-electron chi connectivity index (χ0n) is 13.9. The van der Waals surface area contributed by atoms with Gasteiger partial charge in [-0.15, -0.1) is 0 Å². The van der Waals surface area contributed by atoms with E-state index >= 15 is 0 Å². The molecule has 0 amide bonds. The lowest BCUT2D eigenvalue weighted by molar-refractivity contribution is 0.129. The number of aliphatic hydroxyl groups excluding tert-OH is 1. The van der Waals surface area contributed by atoms with Crippen molar-refractivity contribution in [3.05, 3.63) is 28.8 Å². The zero-order valence-corrected chi connectivity index (χ0v) is 13.9. The fraction of sp³-hybridized carbons (Fsp3) is 0.588. The van der Waals surface area contributed by atoms with Gasteiger partial charge >= 0.3 is 0 Å². The van der Waals surface area contributed by atoms with E-state index in [-0.39, 0.29) is 23.5 Å². The average molecular weight is 316 g/mol. The lowest BCUT2D eigenvalue weighted by atomic mass is 9.73. The topological polar surface area (TPSA) is 82.1 Å². The number of piperidine rings is 1. The van der Waals surface area contributed by atoms with Crippen LogP contribution in [0, 0.1) is 17.3 Å². The van der Waals surface area contributed by atoms with Crippen LogP contribution in [0.4, 0.5) is 5.82 Å². The molecule has 1 saturated heterocycles. The van der Waals surface area contributed by atoms with E-state index < -0.39 is 0 Å². The number of hydrogen-bond donors (Lipinski definition) is 2. The predicted octanol–water partition coefficient (Wildman–Crippen LogP) is 1.80. The molecule has 0 radical (unpaired) electrons. The van der Waals surface area contributed by atoms with Gasteiger partial charge in [-0.2, -0.15) is 0 Å². The summed E-state index contributed by atoms with van der Waals surface area (Å²) in [6.45, 7) is 8.60. The molecule has 2 atom stereocenters. The Kier molecular flexibility index (Phi) is 4.10.